The van der Waals surface area contributed by atoms with Crippen LogP contribution < -0.4 is 4.90 Å². The van der Waals surface area contributed by atoms with Crippen LogP contribution in [0.2, 0.25) is 0 Å². The van der Waals surface area contributed by atoms with Gasteiger partial charge in [-0.1, -0.05) is 78.9 Å². The molecule has 12 rings (SSSR count). The fourth-order valence-electron chi connectivity index (χ4n) is 11.5. The molecule has 0 unspecified atom stereocenters. The number of para-hydroxylation sites is 2. The summed E-state index contributed by atoms with van der Waals surface area (Å²) in [6.45, 7) is 0. The van der Waals surface area contributed by atoms with Gasteiger partial charge < -0.3 is 9.47 Å². The molecule has 4 bridgehead atoms. The van der Waals surface area contributed by atoms with Gasteiger partial charge in [-0.25, -0.2) is 0 Å². The number of hydrogen-bond donors (Lipinski definition) is 0. The highest BCUT2D eigenvalue weighted by Gasteiger charge is 2.61. The van der Waals surface area contributed by atoms with Crippen molar-refractivity contribution in [3.05, 3.63) is 145 Å². The SMILES string of the molecule is C1=CC(n2c3ccccc3c3cc(N(c4ccccc4)c4ccc5c(c4)-c4ccccc4C54C5CC6CC(C5)CC4C6)ccc32)=CCC1. The second kappa shape index (κ2) is 10.1. The van der Waals surface area contributed by atoms with Crippen LogP contribution in [0.1, 0.15) is 56.1 Å². The summed E-state index contributed by atoms with van der Waals surface area (Å²) in [5.74, 6) is 3.46. The number of benzene rings is 5. The molecule has 6 aromatic rings. The smallest absolute Gasteiger partial charge is 0.0542 e. The van der Waals surface area contributed by atoms with Crippen LogP contribution >= 0.6 is 0 Å². The molecular formula is C46H40N2. The van der Waals surface area contributed by atoms with E-state index in [9.17, 15) is 0 Å². The highest BCUT2D eigenvalue weighted by Crippen LogP contribution is 2.69. The third-order valence-corrected chi connectivity index (χ3v) is 13.0. The summed E-state index contributed by atoms with van der Waals surface area (Å²) in [4.78, 5) is 2.48. The van der Waals surface area contributed by atoms with Crippen molar-refractivity contribution in [1.29, 1.82) is 0 Å². The molecule has 2 nitrogen and oxygen atoms in total. The minimum absolute atomic E-state index is 0.193. The zero-order valence-corrected chi connectivity index (χ0v) is 27.4. The molecule has 0 N–H and O–H groups in total. The summed E-state index contributed by atoms with van der Waals surface area (Å²) in [6.07, 6.45) is 16.3. The molecule has 5 aromatic carbocycles. The minimum Gasteiger partial charge on any atom is -0.310 e. The lowest BCUT2D eigenvalue weighted by atomic mass is 9.43. The van der Waals surface area contributed by atoms with E-state index in [1.54, 1.807) is 11.1 Å². The second-order valence-electron chi connectivity index (χ2n) is 15.3. The third-order valence-electron chi connectivity index (χ3n) is 13.0. The van der Waals surface area contributed by atoms with E-state index in [2.05, 4.69) is 143 Å². The summed E-state index contributed by atoms with van der Waals surface area (Å²) in [6, 6.07) is 44.0. The Morgan fingerprint density at radius 3 is 2.04 bits per heavy atom. The Hall–Kier alpha value is -4.82. The Morgan fingerprint density at radius 1 is 0.542 bits per heavy atom. The summed E-state index contributed by atoms with van der Waals surface area (Å²) < 4.78 is 2.45. The highest BCUT2D eigenvalue weighted by molar-refractivity contribution is 6.11. The lowest BCUT2D eigenvalue weighted by Crippen LogP contribution is -2.55. The first-order valence-electron chi connectivity index (χ1n) is 18.3. The Morgan fingerprint density at radius 2 is 1.23 bits per heavy atom. The van der Waals surface area contributed by atoms with E-state index in [1.807, 2.05) is 0 Å². The minimum atomic E-state index is 0.193. The van der Waals surface area contributed by atoms with Crippen LogP contribution in [0.4, 0.5) is 17.1 Å². The van der Waals surface area contributed by atoms with Gasteiger partial charge in [0.05, 0.1) is 11.0 Å². The van der Waals surface area contributed by atoms with E-state index in [-0.39, 0.29) is 5.41 Å². The highest BCUT2D eigenvalue weighted by atomic mass is 15.1. The average Bonchev–Trinajstić information content (AvgIpc) is 3.62. The molecule has 1 spiro atoms. The Bertz CT molecular complexity index is 2290. The zero-order chi connectivity index (χ0) is 31.4. The first-order valence-corrected chi connectivity index (χ1v) is 18.3. The normalized spacial score (nSPS) is 26.3. The van der Waals surface area contributed by atoms with Gasteiger partial charge in [-0.3, -0.25) is 0 Å². The van der Waals surface area contributed by atoms with Crippen LogP contribution in [0, 0.1) is 23.7 Å². The number of fused-ring (bicyclic) bond motifs is 6. The molecule has 4 saturated carbocycles. The van der Waals surface area contributed by atoms with Gasteiger partial charge in [0.2, 0.25) is 0 Å². The molecule has 48 heavy (non-hydrogen) atoms. The van der Waals surface area contributed by atoms with E-state index in [0.717, 1.165) is 36.5 Å². The molecule has 0 radical (unpaired) electrons. The van der Waals surface area contributed by atoms with Gasteiger partial charge in [-0.05, 0) is 145 Å². The zero-order valence-electron chi connectivity index (χ0n) is 27.4. The van der Waals surface area contributed by atoms with Crippen LogP contribution in [-0.4, -0.2) is 4.57 Å². The van der Waals surface area contributed by atoms with Gasteiger partial charge in [0, 0.05) is 38.9 Å². The molecule has 6 aliphatic carbocycles. The van der Waals surface area contributed by atoms with Crippen LogP contribution in [0.5, 0.6) is 0 Å². The quantitative estimate of drug-likeness (QED) is 0.190. The number of nitrogens with zero attached hydrogens (tertiary/aromatic N) is 2. The third kappa shape index (κ3) is 3.64. The van der Waals surface area contributed by atoms with E-state index >= 15 is 0 Å². The lowest BCUT2D eigenvalue weighted by molar-refractivity contribution is -0.0399. The molecule has 4 fully saturated rings. The Kier molecular flexibility index (Phi) is 5.71. The van der Waals surface area contributed by atoms with Crippen molar-refractivity contribution in [1.82, 2.24) is 4.57 Å². The first kappa shape index (κ1) is 27.2. The van der Waals surface area contributed by atoms with Crippen LogP contribution in [0.3, 0.4) is 0 Å². The van der Waals surface area contributed by atoms with Crippen molar-refractivity contribution in [2.75, 3.05) is 4.90 Å². The summed E-state index contributed by atoms with van der Waals surface area (Å²) in [7, 11) is 0. The van der Waals surface area contributed by atoms with E-state index in [0.29, 0.717) is 0 Å². The maximum atomic E-state index is 2.55. The molecule has 0 amide bonds. The number of hydrogen-bond acceptors (Lipinski definition) is 1. The van der Waals surface area contributed by atoms with Crippen molar-refractivity contribution >= 4 is 44.6 Å². The molecule has 234 valence electrons. The Balaban J connectivity index is 1.11. The van der Waals surface area contributed by atoms with E-state index < -0.39 is 0 Å². The van der Waals surface area contributed by atoms with Gasteiger partial charge in [-0.15, -0.1) is 0 Å². The number of anilines is 3. The van der Waals surface area contributed by atoms with E-state index in [4.69, 9.17) is 0 Å². The van der Waals surface area contributed by atoms with Crippen LogP contribution in [0.15, 0.2) is 133 Å². The molecular weight excluding hydrogens is 581 g/mol. The topological polar surface area (TPSA) is 8.17 Å². The molecule has 0 saturated heterocycles. The summed E-state index contributed by atoms with van der Waals surface area (Å²) >= 11 is 0. The molecule has 2 heteroatoms. The maximum Gasteiger partial charge on any atom is 0.0542 e. The van der Waals surface area contributed by atoms with Crippen LogP contribution in [0.25, 0.3) is 38.6 Å². The standard InChI is InChI=1S/C46H40N2/c1-3-11-34(12-4-1)47(37-20-22-45-41(29-37)39-16-8-10-18-44(39)48(45)35-13-5-2-6-14-35)36-19-21-43-40(28-36)38-15-7-9-17-42(38)46(43)32-24-30-23-31(26-32)27-33(46)25-30/h1,3-5,7-22,28-33H,2,6,23-27H2. The summed E-state index contributed by atoms with van der Waals surface area (Å²) in [5, 5.41) is 2.59. The van der Waals surface area contributed by atoms with Gasteiger partial charge in [0.25, 0.3) is 0 Å². The fraction of sp³-hybridized carbons (Fsp3) is 0.261. The molecule has 6 aliphatic rings. The fourth-order valence-corrected chi connectivity index (χ4v) is 11.5. The molecule has 0 aliphatic heterocycles. The molecule has 1 aromatic heterocycles. The van der Waals surface area contributed by atoms with Crippen molar-refractivity contribution in [3.63, 3.8) is 0 Å². The van der Waals surface area contributed by atoms with Gasteiger partial charge >= 0.3 is 0 Å². The predicted molar refractivity (Wildman–Crippen MR) is 200 cm³/mol. The van der Waals surface area contributed by atoms with Crippen LogP contribution in [-0.2, 0) is 5.41 Å². The second-order valence-corrected chi connectivity index (χ2v) is 15.3. The number of rotatable bonds is 4. The maximum absolute atomic E-state index is 2.55. The van der Waals surface area contributed by atoms with Gasteiger partial charge in [0.15, 0.2) is 0 Å². The first-order chi connectivity index (χ1) is 23.8. The Labute approximate surface area is 283 Å². The monoisotopic (exact) mass is 620 g/mol. The average molecular weight is 621 g/mol. The van der Waals surface area contributed by atoms with Crippen molar-refractivity contribution in [3.8, 4) is 11.1 Å². The van der Waals surface area contributed by atoms with E-state index in [1.165, 1.54) is 87.8 Å². The number of aromatic nitrogens is 1. The largest absolute Gasteiger partial charge is 0.310 e. The number of allylic oxidation sites excluding steroid dienone is 4. The van der Waals surface area contributed by atoms with Crippen molar-refractivity contribution in [2.24, 2.45) is 23.7 Å². The van der Waals surface area contributed by atoms with Crippen molar-refractivity contribution < 1.29 is 0 Å². The van der Waals surface area contributed by atoms with Gasteiger partial charge in [0.1, 0.15) is 0 Å². The lowest BCUT2D eigenvalue weighted by Gasteiger charge is -2.61. The summed E-state index contributed by atoms with van der Waals surface area (Å²) in [5.41, 5.74) is 13.8. The molecule has 1 heterocycles. The predicted octanol–water partition coefficient (Wildman–Crippen LogP) is 12.2. The van der Waals surface area contributed by atoms with Gasteiger partial charge in [-0.2, -0.15) is 0 Å². The van der Waals surface area contributed by atoms with Crippen molar-refractivity contribution in [2.45, 2.75) is 50.4 Å². The molecule has 0 atom stereocenters.